The molecule has 0 aliphatic carbocycles. The van der Waals surface area contributed by atoms with Crippen molar-refractivity contribution in [2.24, 2.45) is 5.92 Å². The Hall–Kier alpha value is -1.10. The van der Waals surface area contributed by atoms with Crippen LogP contribution >= 0.6 is 0 Å². The van der Waals surface area contributed by atoms with E-state index in [1.807, 2.05) is 0 Å². The Bertz CT molecular complexity index is 421. The number of hydrazine groups is 1. The fourth-order valence-electron chi connectivity index (χ4n) is 2.69. The zero-order valence-corrected chi connectivity index (χ0v) is 13.6. The van der Waals surface area contributed by atoms with Crippen molar-refractivity contribution in [3.8, 4) is 5.75 Å². The van der Waals surface area contributed by atoms with Crippen LogP contribution in [0, 0.1) is 5.92 Å². The van der Waals surface area contributed by atoms with Gasteiger partial charge < -0.3 is 10.1 Å². The summed E-state index contributed by atoms with van der Waals surface area (Å²) < 4.78 is 5.84. The lowest BCUT2D eigenvalue weighted by Crippen LogP contribution is -2.39. The van der Waals surface area contributed by atoms with Gasteiger partial charge in [-0.1, -0.05) is 32.9 Å². The van der Waals surface area contributed by atoms with Crippen LogP contribution in [0.15, 0.2) is 24.3 Å². The molecular weight excluding hydrogens is 262 g/mol. The van der Waals surface area contributed by atoms with Gasteiger partial charge in [-0.05, 0) is 43.5 Å². The predicted molar refractivity (Wildman–Crippen MR) is 87.3 cm³/mol. The highest BCUT2D eigenvalue weighted by molar-refractivity contribution is 5.30. The summed E-state index contributed by atoms with van der Waals surface area (Å²) in [6.07, 6.45) is 1.30. The Kier molecular flexibility index (Phi) is 6.03. The molecule has 0 bridgehead atoms. The molecule has 4 heteroatoms. The molecule has 1 aliphatic heterocycles. The smallest absolute Gasteiger partial charge is 0.119 e. The summed E-state index contributed by atoms with van der Waals surface area (Å²) in [7, 11) is 0. The molecule has 1 aliphatic rings. The predicted octanol–water partition coefficient (Wildman–Crippen LogP) is 2.63. The van der Waals surface area contributed by atoms with E-state index in [2.05, 4.69) is 68.1 Å². The second-order valence-corrected chi connectivity index (χ2v) is 5.95. The number of ether oxygens (including phenoxy) is 1. The summed E-state index contributed by atoms with van der Waals surface area (Å²) >= 11 is 0. The monoisotopic (exact) mass is 291 g/mol. The van der Waals surface area contributed by atoms with E-state index in [0.717, 1.165) is 25.3 Å². The van der Waals surface area contributed by atoms with Crippen LogP contribution in [0.2, 0.25) is 0 Å². The second kappa shape index (κ2) is 7.78. The Morgan fingerprint density at radius 1 is 1.19 bits per heavy atom. The van der Waals surface area contributed by atoms with Crippen molar-refractivity contribution < 1.29 is 4.74 Å². The van der Waals surface area contributed by atoms with Crippen LogP contribution in [-0.2, 0) is 0 Å². The van der Waals surface area contributed by atoms with Crippen LogP contribution < -0.4 is 20.9 Å². The highest BCUT2D eigenvalue weighted by atomic mass is 16.5. The normalized spacial score (nSPS) is 26.8. The van der Waals surface area contributed by atoms with Gasteiger partial charge in [-0.25, -0.2) is 5.43 Å². The molecule has 3 N–H and O–H groups in total. The van der Waals surface area contributed by atoms with Crippen molar-refractivity contribution in [2.75, 3.05) is 13.1 Å². The maximum Gasteiger partial charge on any atom is 0.119 e. The summed E-state index contributed by atoms with van der Waals surface area (Å²) in [5.74, 6) is 1.50. The van der Waals surface area contributed by atoms with Gasteiger partial charge in [0, 0.05) is 12.6 Å². The number of hydrogen-bond donors (Lipinski definition) is 3. The van der Waals surface area contributed by atoms with Gasteiger partial charge in [0.15, 0.2) is 0 Å². The molecule has 0 spiro atoms. The quantitative estimate of drug-likeness (QED) is 0.723. The van der Waals surface area contributed by atoms with Gasteiger partial charge in [0.25, 0.3) is 0 Å². The highest BCUT2D eigenvalue weighted by Gasteiger charge is 2.32. The van der Waals surface area contributed by atoms with Gasteiger partial charge in [-0.3, -0.25) is 5.43 Å². The first-order chi connectivity index (χ1) is 10.2. The van der Waals surface area contributed by atoms with Crippen LogP contribution in [0.5, 0.6) is 5.75 Å². The average molecular weight is 291 g/mol. The fourth-order valence-corrected chi connectivity index (χ4v) is 2.69. The molecule has 0 saturated carbocycles. The molecule has 4 unspecified atom stereocenters. The van der Waals surface area contributed by atoms with E-state index in [1.165, 1.54) is 5.56 Å². The lowest BCUT2D eigenvalue weighted by atomic mass is 9.91. The SMILES string of the molecule is CCNCC1NNC(c2ccc(OC(C)CC)cc2)C1C. The summed E-state index contributed by atoms with van der Waals surface area (Å²) in [6.45, 7) is 10.7. The number of nitrogens with one attached hydrogen (secondary N) is 3. The summed E-state index contributed by atoms with van der Waals surface area (Å²) in [5.41, 5.74) is 8.13. The third-order valence-electron chi connectivity index (χ3n) is 4.35. The summed E-state index contributed by atoms with van der Waals surface area (Å²) in [5, 5.41) is 3.41. The molecule has 2 rings (SSSR count). The third kappa shape index (κ3) is 4.19. The fraction of sp³-hybridized carbons (Fsp3) is 0.647. The van der Waals surface area contributed by atoms with Gasteiger partial charge in [0.1, 0.15) is 5.75 Å². The molecule has 1 saturated heterocycles. The minimum absolute atomic E-state index is 0.269. The highest BCUT2D eigenvalue weighted by Crippen LogP contribution is 2.29. The minimum atomic E-state index is 0.269. The Morgan fingerprint density at radius 2 is 1.90 bits per heavy atom. The Balaban J connectivity index is 1.96. The van der Waals surface area contributed by atoms with Crippen molar-refractivity contribution >= 4 is 0 Å². The van der Waals surface area contributed by atoms with Gasteiger partial charge in [0.2, 0.25) is 0 Å². The third-order valence-corrected chi connectivity index (χ3v) is 4.35. The first-order valence-electron chi connectivity index (χ1n) is 8.14. The minimum Gasteiger partial charge on any atom is -0.491 e. The van der Waals surface area contributed by atoms with E-state index in [4.69, 9.17) is 4.74 Å². The van der Waals surface area contributed by atoms with Crippen molar-refractivity contribution in [1.82, 2.24) is 16.2 Å². The van der Waals surface area contributed by atoms with Gasteiger partial charge >= 0.3 is 0 Å². The summed E-state index contributed by atoms with van der Waals surface area (Å²) in [6, 6.07) is 9.31. The molecule has 1 aromatic rings. The van der Waals surface area contributed by atoms with Crippen LogP contribution in [0.25, 0.3) is 0 Å². The zero-order valence-electron chi connectivity index (χ0n) is 13.6. The number of likely N-dealkylation sites (N-methyl/N-ethyl adjacent to an activating group) is 1. The van der Waals surface area contributed by atoms with Gasteiger partial charge in [-0.15, -0.1) is 0 Å². The largest absolute Gasteiger partial charge is 0.491 e. The molecule has 4 atom stereocenters. The van der Waals surface area contributed by atoms with Crippen LogP contribution in [0.3, 0.4) is 0 Å². The second-order valence-electron chi connectivity index (χ2n) is 5.95. The van der Waals surface area contributed by atoms with Crippen LogP contribution in [-0.4, -0.2) is 25.2 Å². The molecule has 118 valence electrons. The summed E-state index contributed by atoms with van der Waals surface area (Å²) in [4.78, 5) is 0. The first kappa shape index (κ1) is 16.3. The van der Waals surface area contributed by atoms with Crippen molar-refractivity contribution in [2.45, 2.75) is 52.3 Å². The maximum atomic E-state index is 5.84. The molecular formula is C17H29N3O. The molecule has 1 aromatic carbocycles. The Labute approximate surface area is 128 Å². The van der Waals surface area contributed by atoms with E-state index >= 15 is 0 Å². The number of hydrogen-bond acceptors (Lipinski definition) is 4. The number of rotatable bonds is 7. The number of benzene rings is 1. The zero-order chi connectivity index (χ0) is 15.2. The van der Waals surface area contributed by atoms with Crippen LogP contribution in [0.4, 0.5) is 0 Å². The van der Waals surface area contributed by atoms with E-state index in [9.17, 15) is 0 Å². The standard InChI is InChI=1S/C17H29N3O/c1-5-12(3)21-15-9-7-14(8-10-15)17-13(4)16(19-20-17)11-18-6-2/h7-10,12-13,16-20H,5-6,11H2,1-4H3. The molecule has 0 radical (unpaired) electrons. The van der Waals surface area contributed by atoms with E-state index in [-0.39, 0.29) is 6.10 Å². The lowest BCUT2D eigenvalue weighted by Gasteiger charge is -2.19. The van der Waals surface area contributed by atoms with E-state index in [0.29, 0.717) is 18.0 Å². The van der Waals surface area contributed by atoms with Crippen molar-refractivity contribution in [3.05, 3.63) is 29.8 Å². The molecule has 21 heavy (non-hydrogen) atoms. The topological polar surface area (TPSA) is 45.3 Å². The maximum absolute atomic E-state index is 5.84. The molecule has 0 aromatic heterocycles. The molecule has 4 nitrogen and oxygen atoms in total. The van der Waals surface area contributed by atoms with Crippen LogP contribution in [0.1, 0.15) is 45.7 Å². The average Bonchev–Trinajstić information content (AvgIpc) is 2.87. The van der Waals surface area contributed by atoms with E-state index in [1.54, 1.807) is 0 Å². The van der Waals surface area contributed by atoms with Gasteiger partial charge in [-0.2, -0.15) is 0 Å². The van der Waals surface area contributed by atoms with Crippen molar-refractivity contribution in [3.63, 3.8) is 0 Å². The lowest BCUT2D eigenvalue weighted by molar-refractivity contribution is 0.217. The van der Waals surface area contributed by atoms with Gasteiger partial charge in [0.05, 0.1) is 12.1 Å². The van der Waals surface area contributed by atoms with E-state index < -0.39 is 0 Å². The molecule has 0 amide bonds. The first-order valence-corrected chi connectivity index (χ1v) is 8.14. The Morgan fingerprint density at radius 3 is 2.52 bits per heavy atom. The molecule has 1 fully saturated rings. The van der Waals surface area contributed by atoms with Crippen molar-refractivity contribution in [1.29, 1.82) is 0 Å². The molecule has 1 heterocycles.